The number of anilines is 1. The Morgan fingerprint density at radius 2 is 1.84 bits per heavy atom. The van der Waals surface area contributed by atoms with E-state index in [1.54, 1.807) is 0 Å². The minimum absolute atomic E-state index is 0.119. The molecule has 0 saturated carbocycles. The molecule has 19 heavy (non-hydrogen) atoms. The maximum absolute atomic E-state index is 4.93. The lowest BCUT2D eigenvalue weighted by atomic mass is 9.91. The number of nitrogens with one attached hydrogen (secondary N) is 1. The van der Waals surface area contributed by atoms with E-state index in [0.717, 1.165) is 32.7 Å². The zero-order valence-corrected chi connectivity index (χ0v) is 13.6. The Labute approximate surface area is 120 Å². The van der Waals surface area contributed by atoms with Gasteiger partial charge in [-0.15, -0.1) is 11.3 Å². The van der Waals surface area contributed by atoms with Crippen molar-refractivity contribution >= 4 is 16.5 Å². The third-order valence-corrected chi connectivity index (χ3v) is 4.62. The van der Waals surface area contributed by atoms with Gasteiger partial charge < -0.3 is 15.1 Å². The largest absolute Gasteiger partial charge is 0.346 e. The summed E-state index contributed by atoms with van der Waals surface area (Å²) in [6, 6.07) is 0. The van der Waals surface area contributed by atoms with E-state index in [-0.39, 0.29) is 5.41 Å². The average Bonchev–Trinajstić information content (AvgIpc) is 2.74. The molecule has 108 valence electrons. The highest BCUT2D eigenvalue weighted by Crippen LogP contribution is 2.34. The summed E-state index contributed by atoms with van der Waals surface area (Å²) in [6.07, 6.45) is 0. The van der Waals surface area contributed by atoms with Crippen molar-refractivity contribution < 1.29 is 0 Å². The van der Waals surface area contributed by atoms with E-state index in [4.69, 9.17) is 4.98 Å². The molecule has 1 N–H and O–H groups in total. The smallest absolute Gasteiger partial charge is 0.185 e. The van der Waals surface area contributed by atoms with E-state index >= 15 is 0 Å². The third kappa shape index (κ3) is 3.46. The van der Waals surface area contributed by atoms with E-state index in [1.165, 1.54) is 15.7 Å². The molecular weight excluding hydrogens is 256 g/mol. The third-order valence-electron chi connectivity index (χ3n) is 3.51. The van der Waals surface area contributed by atoms with E-state index in [2.05, 4.69) is 42.9 Å². The molecule has 4 nitrogen and oxygen atoms in total. The number of likely N-dealkylation sites (N-methyl/N-ethyl adjacent to an activating group) is 1. The molecule has 1 aliphatic heterocycles. The summed E-state index contributed by atoms with van der Waals surface area (Å²) in [5.41, 5.74) is 1.37. The summed E-state index contributed by atoms with van der Waals surface area (Å²) in [5.74, 6) is 0. The second kappa shape index (κ2) is 5.77. The molecule has 0 bridgehead atoms. The molecule has 0 unspecified atom stereocenters. The zero-order valence-electron chi connectivity index (χ0n) is 12.8. The van der Waals surface area contributed by atoms with Crippen LogP contribution in [0.4, 0.5) is 5.13 Å². The summed E-state index contributed by atoms with van der Waals surface area (Å²) in [5, 5.41) is 4.46. The first-order valence-corrected chi connectivity index (χ1v) is 7.81. The van der Waals surface area contributed by atoms with Gasteiger partial charge in [-0.3, -0.25) is 0 Å². The molecule has 1 aliphatic rings. The maximum atomic E-state index is 4.93. The second-order valence-corrected chi connectivity index (χ2v) is 7.40. The molecule has 5 heteroatoms. The first kappa shape index (κ1) is 14.8. The number of hydrogen-bond acceptors (Lipinski definition) is 5. The van der Waals surface area contributed by atoms with Gasteiger partial charge in [0.15, 0.2) is 5.13 Å². The standard InChI is InChI=1S/C14H26N4S/c1-14(2,3)12-11(10-15-4)19-13(16-12)18-8-6-17(5)7-9-18/h15H,6-10H2,1-5H3. The Morgan fingerprint density at radius 1 is 1.21 bits per heavy atom. The van der Waals surface area contributed by atoms with Gasteiger partial charge in [-0.1, -0.05) is 20.8 Å². The Balaban J connectivity index is 2.22. The number of nitrogens with zero attached hydrogens (tertiary/aromatic N) is 3. The van der Waals surface area contributed by atoms with E-state index < -0.39 is 0 Å². The van der Waals surface area contributed by atoms with Crippen molar-refractivity contribution in [2.24, 2.45) is 0 Å². The topological polar surface area (TPSA) is 31.4 Å². The summed E-state index contributed by atoms with van der Waals surface area (Å²) < 4.78 is 0. The predicted molar refractivity (Wildman–Crippen MR) is 83.3 cm³/mol. The van der Waals surface area contributed by atoms with Crippen molar-refractivity contribution in [1.82, 2.24) is 15.2 Å². The fraction of sp³-hybridized carbons (Fsp3) is 0.786. The van der Waals surface area contributed by atoms with Crippen LogP contribution in [0.25, 0.3) is 0 Å². The molecule has 1 aromatic rings. The number of rotatable bonds is 3. The first-order valence-electron chi connectivity index (χ1n) is 7.00. The normalized spacial score (nSPS) is 18.1. The highest BCUT2D eigenvalue weighted by molar-refractivity contribution is 7.15. The Kier molecular flexibility index (Phi) is 4.48. The van der Waals surface area contributed by atoms with Crippen LogP contribution in [0.1, 0.15) is 31.3 Å². The molecule has 1 saturated heterocycles. The highest BCUT2D eigenvalue weighted by atomic mass is 32.1. The van der Waals surface area contributed by atoms with Gasteiger partial charge in [0, 0.05) is 43.0 Å². The van der Waals surface area contributed by atoms with Gasteiger partial charge in [0.2, 0.25) is 0 Å². The van der Waals surface area contributed by atoms with E-state index in [1.807, 2.05) is 18.4 Å². The van der Waals surface area contributed by atoms with Crippen molar-refractivity contribution in [1.29, 1.82) is 0 Å². The van der Waals surface area contributed by atoms with Gasteiger partial charge in [0.05, 0.1) is 5.69 Å². The molecule has 0 atom stereocenters. The molecule has 0 spiro atoms. The molecular formula is C14H26N4S. The van der Waals surface area contributed by atoms with E-state index in [9.17, 15) is 0 Å². The van der Waals surface area contributed by atoms with Crippen LogP contribution in [-0.4, -0.2) is 50.2 Å². The van der Waals surface area contributed by atoms with E-state index in [0.29, 0.717) is 0 Å². The van der Waals surface area contributed by atoms with Crippen molar-refractivity contribution in [3.05, 3.63) is 10.6 Å². The summed E-state index contributed by atoms with van der Waals surface area (Å²) >= 11 is 1.85. The number of piperazine rings is 1. The zero-order chi connectivity index (χ0) is 14.0. The molecule has 0 aromatic carbocycles. The van der Waals surface area contributed by atoms with Crippen molar-refractivity contribution in [2.45, 2.75) is 32.7 Å². The maximum Gasteiger partial charge on any atom is 0.185 e. The van der Waals surface area contributed by atoms with Crippen LogP contribution < -0.4 is 10.2 Å². The van der Waals surface area contributed by atoms with Crippen LogP contribution >= 0.6 is 11.3 Å². The van der Waals surface area contributed by atoms with Crippen LogP contribution in [0, 0.1) is 0 Å². The van der Waals surface area contributed by atoms with Crippen LogP contribution in [0.2, 0.25) is 0 Å². The summed E-state index contributed by atoms with van der Waals surface area (Å²) in [7, 11) is 4.19. The fourth-order valence-corrected chi connectivity index (χ4v) is 3.67. The van der Waals surface area contributed by atoms with Crippen LogP contribution in [0.15, 0.2) is 0 Å². The van der Waals surface area contributed by atoms with Gasteiger partial charge in [0.1, 0.15) is 0 Å². The lowest BCUT2D eigenvalue weighted by Gasteiger charge is -2.32. The predicted octanol–water partition coefficient (Wildman–Crippen LogP) is 1.91. The van der Waals surface area contributed by atoms with Crippen LogP contribution in [0.5, 0.6) is 0 Å². The molecule has 1 fully saturated rings. The first-order chi connectivity index (χ1) is 8.91. The quantitative estimate of drug-likeness (QED) is 0.918. The molecule has 0 radical (unpaired) electrons. The van der Waals surface area contributed by atoms with Gasteiger partial charge >= 0.3 is 0 Å². The summed E-state index contributed by atoms with van der Waals surface area (Å²) in [6.45, 7) is 12.1. The monoisotopic (exact) mass is 282 g/mol. The minimum Gasteiger partial charge on any atom is -0.346 e. The summed E-state index contributed by atoms with van der Waals surface area (Å²) in [4.78, 5) is 11.1. The van der Waals surface area contributed by atoms with Crippen molar-refractivity contribution in [3.63, 3.8) is 0 Å². The molecule has 2 rings (SSSR count). The molecule has 1 aromatic heterocycles. The Morgan fingerprint density at radius 3 is 2.37 bits per heavy atom. The number of thiazole rings is 1. The molecule has 0 amide bonds. The van der Waals surface area contributed by atoms with Crippen molar-refractivity contribution in [3.8, 4) is 0 Å². The Hall–Kier alpha value is -0.650. The fourth-order valence-electron chi connectivity index (χ4n) is 2.34. The van der Waals surface area contributed by atoms with Gasteiger partial charge in [-0.2, -0.15) is 0 Å². The van der Waals surface area contributed by atoms with Gasteiger partial charge in [-0.25, -0.2) is 4.98 Å². The molecule has 2 heterocycles. The number of hydrogen-bond donors (Lipinski definition) is 1. The van der Waals surface area contributed by atoms with Crippen LogP contribution in [0.3, 0.4) is 0 Å². The van der Waals surface area contributed by atoms with Gasteiger partial charge in [0.25, 0.3) is 0 Å². The lowest BCUT2D eigenvalue weighted by Crippen LogP contribution is -2.44. The Bertz CT molecular complexity index is 414. The average molecular weight is 282 g/mol. The minimum atomic E-state index is 0.119. The number of aromatic nitrogens is 1. The second-order valence-electron chi connectivity index (χ2n) is 6.34. The van der Waals surface area contributed by atoms with Gasteiger partial charge in [-0.05, 0) is 14.1 Å². The highest BCUT2D eigenvalue weighted by Gasteiger charge is 2.25. The van der Waals surface area contributed by atoms with Crippen LogP contribution in [-0.2, 0) is 12.0 Å². The molecule has 0 aliphatic carbocycles. The van der Waals surface area contributed by atoms with Crippen molar-refractivity contribution in [2.75, 3.05) is 45.2 Å². The SMILES string of the molecule is CNCc1sc(N2CCN(C)CC2)nc1C(C)(C)C. The lowest BCUT2D eigenvalue weighted by molar-refractivity contribution is 0.312.